The average Bonchev–Trinajstić information content (AvgIpc) is 2.91. The highest BCUT2D eigenvalue weighted by Gasteiger charge is 2.35. The lowest BCUT2D eigenvalue weighted by molar-refractivity contribution is -0.149. The summed E-state index contributed by atoms with van der Waals surface area (Å²) in [5.41, 5.74) is -0.529. The highest BCUT2D eigenvalue weighted by molar-refractivity contribution is 5.90. The van der Waals surface area contributed by atoms with Crippen LogP contribution >= 0.6 is 0 Å². The summed E-state index contributed by atoms with van der Waals surface area (Å²) >= 11 is 0. The van der Waals surface area contributed by atoms with Crippen molar-refractivity contribution in [3.8, 4) is 0 Å². The Morgan fingerprint density at radius 3 is 1.30 bits per heavy atom. The summed E-state index contributed by atoms with van der Waals surface area (Å²) in [7, 11) is 0. The molecule has 0 bridgehead atoms. The van der Waals surface area contributed by atoms with Crippen molar-refractivity contribution in [1.82, 2.24) is 0 Å². The van der Waals surface area contributed by atoms with Gasteiger partial charge in [-0.05, 0) is 44.9 Å². The fourth-order valence-electron chi connectivity index (χ4n) is 5.30. The third kappa shape index (κ3) is 23.8. The Morgan fingerprint density at radius 1 is 0.535 bits per heavy atom. The zero-order valence-corrected chi connectivity index (χ0v) is 29.9. The first kappa shape index (κ1) is 45.2. The van der Waals surface area contributed by atoms with Gasteiger partial charge in [-0.3, -0.25) is 24.0 Å². The van der Waals surface area contributed by atoms with E-state index in [0.717, 1.165) is 51.4 Å². The van der Waals surface area contributed by atoms with E-state index in [9.17, 15) is 24.0 Å². The number of hydrogen-bond donors (Lipinski definition) is 0. The second kappa shape index (κ2) is 25.1. The van der Waals surface area contributed by atoms with Crippen LogP contribution in [-0.4, -0.2) is 49.3 Å². The minimum absolute atomic E-state index is 0.0106. The lowest BCUT2D eigenvalue weighted by Crippen LogP contribution is -2.35. The Balaban J connectivity index is -0.000000562. The van der Waals surface area contributed by atoms with Crippen molar-refractivity contribution in [3.05, 3.63) is 0 Å². The van der Waals surface area contributed by atoms with Gasteiger partial charge in [0.25, 0.3) is 0 Å². The maximum atomic E-state index is 11.8. The minimum Gasteiger partial charge on any atom is -0.466 e. The van der Waals surface area contributed by atoms with E-state index in [0.29, 0.717) is 32.5 Å². The molecule has 0 aliphatic carbocycles. The molecule has 1 atom stereocenters. The SMILES string of the molecule is CCC(=O)CC(C)(COC(C)=O)C(=O)CC.CCCC(C)(CCC)CC(=O)OCC.CCCC(C)(CCC)COC(C)=O. The van der Waals surface area contributed by atoms with E-state index in [4.69, 9.17) is 14.2 Å². The molecule has 0 saturated heterocycles. The summed E-state index contributed by atoms with van der Waals surface area (Å²) in [6, 6.07) is 0. The van der Waals surface area contributed by atoms with Gasteiger partial charge in [0.05, 0.1) is 25.0 Å². The van der Waals surface area contributed by atoms with Crippen LogP contribution in [0.2, 0.25) is 0 Å². The zero-order chi connectivity index (χ0) is 34.1. The van der Waals surface area contributed by atoms with Crippen molar-refractivity contribution < 1.29 is 38.2 Å². The Hall–Kier alpha value is -2.25. The maximum Gasteiger partial charge on any atom is 0.306 e. The van der Waals surface area contributed by atoms with Crippen molar-refractivity contribution in [1.29, 1.82) is 0 Å². The number of hydrogen-bond acceptors (Lipinski definition) is 8. The van der Waals surface area contributed by atoms with Crippen LogP contribution in [-0.2, 0) is 38.2 Å². The third-order valence-electron chi connectivity index (χ3n) is 7.48. The molecule has 0 aliphatic heterocycles. The van der Waals surface area contributed by atoms with Crippen molar-refractivity contribution in [2.75, 3.05) is 19.8 Å². The summed E-state index contributed by atoms with van der Waals surface area (Å²) in [6.45, 7) is 23.9. The van der Waals surface area contributed by atoms with Crippen molar-refractivity contribution in [2.45, 2.75) is 160 Å². The zero-order valence-electron chi connectivity index (χ0n) is 29.9. The van der Waals surface area contributed by atoms with E-state index < -0.39 is 11.4 Å². The molecule has 0 aliphatic rings. The van der Waals surface area contributed by atoms with Gasteiger partial charge in [0.15, 0.2) is 0 Å². The first-order valence-electron chi connectivity index (χ1n) is 16.4. The average molecular weight is 615 g/mol. The van der Waals surface area contributed by atoms with E-state index in [-0.39, 0.29) is 47.4 Å². The van der Waals surface area contributed by atoms with Crippen molar-refractivity contribution in [2.24, 2.45) is 16.2 Å². The van der Waals surface area contributed by atoms with Crippen LogP contribution in [0.5, 0.6) is 0 Å². The Bertz CT molecular complexity index is 792. The summed E-state index contributed by atoms with van der Waals surface area (Å²) in [6.07, 6.45) is 10.5. The first-order valence-corrected chi connectivity index (χ1v) is 16.4. The molecule has 0 radical (unpaired) electrons. The fraction of sp³-hybridized carbons (Fsp3) is 0.857. The molecule has 0 spiro atoms. The Morgan fingerprint density at radius 2 is 0.953 bits per heavy atom. The Labute approximate surface area is 263 Å². The fourth-order valence-corrected chi connectivity index (χ4v) is 5.30. The van der Waals surface area contributed by atoms with Crippen LogP contribution in [0.1, 0.15) is 160 Å². The molecule has 0 aromatic carbocycles. The maximum absolute atomic E-state index is 11.8. The molecule has 0 aromatic rings. The number of rotatable bonds is 20. The molecule has 0 saturated carbocycles. The Kier molecular flexibility index (Phi) is 26.4. The molecule has 0 heterocycles. The van der Waals surface area contributed by atoms with E-state index in [2.05, 4.69) is 41.5 Å². The number of ketones is 2. The van der Waals surface area contributed by atoms with E-state index in [1.807, 2.05) is 6.92 Å². The van der Waals surface area contributed by atoms with Crippen LogP contribution in [0.25, 0.3) is 0 Å². The molecule has 8 heteroatoms. The first-order chi connectivity index (χ1) is 20.0. The number of Topliss-reactive ketones (excluding diaryl/α,β-unsaturated/α-hetero) is 2. The van der Waals surface area contributed by atoms with Crippen LogP contribution in [0.3, 0.4) is 0 Å². The highest BCUT2D eigenvalue weighted by Crippen LogP contribution is 2.33. The minimum atomic E-state index is -0.868. The molecule has 254 valence electrons. The third-order valence-corrected chi connectivity index (χ3v) is 7.48. The highest BCUT2D eigenvalue weighted by atomic mass is 16.5. The van der Waals surface area contributed by atoms with Gasteiger partial charge in [-0.25, -0.2) is 0 Å². The molecule has 0 fully saturated rings. The topological polar surface area (TPSA) is 113 Å². The molecule has 1 unspecified atom stereocenters. The van der Waals surface area contributed by atoms with Crippen LogP contribution < -0.4 is 0 Å². The van der Waals surface area contributed by atoms with Gasteiger partial charge in [0.1, 0.15) is 18.2 Å². The van der Waals surface area contributed by atoms with Gasteiger partial charge in [-0.1, -0.05) is 81.1 Å². The number of carbonyl (C=O) groups excluding carboxylic acids is 5. The van der Waals surface area contributed by atoms with Gasteiger partial charge in [0, 0.05) is 38.5 Å². The van der Waals surface area contributed by atoms with Crippen LogP contribution in [0.4, 0.5) is 0 Å². The lowest BCUT2D eigenvalue weighted by Gasteiger charge is -2.28. The number of ether oxygens (including phenoxy) is 3. The van der Waals surface area contributed by atoms with Gasteiger partial charge in [0.2, 0.25) is 0 Å². The molecule has 0 amide bonds. The molecule has 43 heavy (non-hydrogen) atoms. The van der Waals surface area contributed by atoms with Gasteiger partial charge in [-0.15, -0.1) is 0 Å². The predicted molar refractivity (Wildman–Crippen MR) is 174 cm³/mol. The van der Waals surface area contributed by atoms with Crippen molar-refractivity contribution >= 4 is 29.5 Å². The van der Waals surface area contributed by atoms with E-state index in [1.54, 1.807) is 20.8 Å². The standard InChI is InChI=1S/C12H20O4.C12H24O2.C11H22O2/c1-5-10(14)7-12(4,11(15)6-2)8-16-9(3)13;1-5-8-12(4,9-6-2)10-11(13)14-7-3;1-5-7-11(4,8-6-2)9-13-10(3)12/h5-8H2,1-4H3;5-10H2,1-4H3;5-9H2,1-4H3. The molecular weight excluding hydrogens is 548 g/mol. The molecule has 8 nitrogen and oxygen atoms in total. The second-order valence-corrected chi connectivity index (χ2v) is 12.6. The van der Waals surface area contributed by atoms with Gasteiger partial charge < -0.3 is 14.2 Å². The number of carbonyl (C=O) groups is 5. The smallest absolute Gasteiger partial charge is 0.306 e. The number of esters is 3. The second-order valence-electron chi connectivity index (χ2n) is 12.6. The van der Waals surface area contributed by atoms with E-state index >= 15 is 0 Å². The van der Waals surface area contributed by atoms with E-state index in [1.165, 1.54) is 13.8 Å². The normalized spacial score (nSPS) is 12.4. The monoisotopic (exact) mass is 614 g/mol. The lowest BCUT2D eigenvalue weighted by atomic mass is 9.78. The van der Waals surface area contributed by atoms with Gasteiger partial charge >= 0.3 is 17.9 Å². The summed E-state index contributed by atoms with van der Waals surface area (Å²) < 4.78 is 14.9. The molecule has 0 rings (SSSR count). The predicted octanol–water partition coefficient (Wildman–Crippen LogP) is 8.61. The summed E-state index contributed by atoms with van der Waals surface area (Å²) in [5.74, 6) is -0.679. The summed E-state index contributed by atoms with van der Waals surface area (Å²) in [5, 5.41) is 0. The van der Waals surface area contributed by atoms with Gasteiger partial charge in [-0.2, -0.15) is 0 Å². The van der Waals surface area contributed by atoms with Crippen LogP contribution in [0.15, 0.2) is 0 Å². The largest absolute Gasteiger partial charge is 0.466 e. The van der Waals surface area contributed by atoms with Crippen molar-refractivity contribution in [3.63, 3.8) is 0 Å². The van der Waals surface area contributed by atoms with Crippen LogP contribution in [0, 0.1) is 16.2 Å². The molecule has 0 aromatic heterocycles. The molecule has 0 N–H and O–H groups in total. The summed E-state index contributed by atoms with van der Waals surface area (Å²) in [4.78, 5) is 56.0. The molecular formula is C35H66O8. The quantitative estimate of drug-likeness (QED) is 0.0989.